The van der Waals surface area contributed by atoms with Gasteiger partial charge in [0.05, 0.1) is 53.3 Å². The minimum atomic E-state index is -1.12. The van der Waals surface area contributed by atoms with Crippen molar-refractivity contribution in [3.8, 4) is 5.75 Å². The zero-order valence-electron chi connectivity index (χ0n) is 51.9. The lowest BCUT2D eigenvalue weighted by atomic mass is 9.81. The maximum atomic E-state index is 14.4. The van der Waals surface area contributed by atoms with Crippen molar-refractivity contribution in [2.24, 2.45) is 23.7 Å². The highest BCUT2D eigenvalue weighted by Crippen LogP contribution is 2.39. The third-order valence-electron chi connectivity index (χ3n) is 15.9. The monoisotopic (exact) mass is 1260 g/mol. The summed E-state index contributed by atoms with van der Waals surface area (Å²) >= 11 is 3.96. The molecule has 1 fully saturated rings. The molecular formula is C61H90N6O16S3. The van der Waals surface area contributed by atoms with E-state index in [4.69, 9.17) is 18.9 Å². The van der Waals surface area contributed by atoms with Crippen LogP contribution in [0.4, 0.5) is 5.69 Å². The number of aliphatic carboxylic acids is 1. The summed E-state index contributed by atoms with van der Waals surface area (Å²) in [6.07, 6.45) is 0.145. The van der Waals surface area contributed by atoms with Crippen molar-refractivity contribution in [2.45, 2.75) is 186 Å². The van der Waals surface area contributed by atoms with Gasteiger partial charge in [-0.25, -0.2) is 4.98 Å². The number of carbonyl (C=O) groups is 11. The van der Waals surface area contributed by atoms with E-state index in [0.717, 1.165) is 11.3 Å². The van der Waals surface area contributed by atoms with Crippen LogP contribution in [0.2, 0.25) is 0 Å². The molecule has 22 nitrogen and oxygen atoms in total. The zero-order chi connectivity index (χ0) is 64.0. The van der Waals surface area contributed by atoms with Crippen LogP contribution in [-0.2, 0) is 68.6 Å². The van der Waals surface area contributed by atoms with Crippen LogP contribution in [0.3, 0.4) is 0 Å². The number of benzene rings is 1. The molecule has 0 saturated carbocycles. The number of ketones is 4. The van der Waals surface area contributed by atoms with E-state index in [2.05, 4.69) is 20.9 Å². The number of carboxylic acid groups (broad SMARTS) is 1. The van der Waals surface area contributed by atoms with Gasteiger partial charge >= 0.3 is 17.9 Å². The average molecular weight is 1260 g/mol. The Hall–Kier alpha value is -5.60. The summed E-state index contributed by atoms with van der Waals surface area (Å²) in [5, 5.41) is 19.7. The fourth-order valence-corrected chi connectivity index (χ4v) is 13.8. The number of amides is 4. The predicted octanol–water partition coefficient (Wildman–Crippen LogP) is 7.43. The first-order valence-corrected chi connectivity index (χ1v) is 32.5. The highest BCUT2D eigenvalue weighted by atomic mass is 32.2. The molecule has 478 valence electrons. The largest absolute Gasteiger partial charge is 0.481 e. The highest BCUT2D eigenvalue weighted by molar-refractivity contribution is 8.20. The minimum Gasteiger partial charge on any atom is -0.481 e. The average Bonchev–Trinajstić information content (AvgIpc) is 4.04. The molecule has 1 saturated heterocycles. The van der Waals surface area contributed by atoms with Crippen molar-refractivity contribution in [1.29, 1.82) is 0 Å². The molecule has 86 heavy (non-hydrogen) atoms. The molecule has 0 spiro atoms. The standard InChI is InChI=1S/C61H90N6O16S3/c1-13-36(4)42(31-51(72)61(8,9)66(10)11)59(77)67(12)45(35(2)3)32-50(82-39(7)68)58-65-44(33-84-58)57(76)63-41(28-37(5)60(78)79)29-40-18-20-49-43(30-40)64-52(73)21-19-46(69)38(6)62-53(74)22-26-80-24-14-16-47(70)55-56(86-34-85-55)48(71)17-15-25-81-27-23-54(75)83-49/h18,20,30,33,35-38,41-42,45,50,55-56H,13-17,19,21-29,31-32,34H2,1-12H3,(H,62,74)(H,63,76)(H,64,73)(H,78,79)/t36-,37?,38?,41+,42-,45+,50+,55?,56?/m0/s1. The molecule has 1 aromatic carbocycles. The highest BCUT2D eigenvalue weighted by Gasteiger charge is 2.40. The van der Waals surface area contributed by atoms with Gasteiger partial charge in [0.2, 0.25) is 17.7 Å². The number of aromatic nitrogens is 1. The Morgan fingerprint density at radius 1 is 0.837 bits per heavy atom. The van der Waals surface area contributed by atoms with Crippen LogP contribution in [0, 0.1) is 23.7 Å². The van der Waals surface area contributed by atoms with Gasteiger partial charge in [0.15, 0.2) is 23.4 Å². The number of nitrogens with zero attached hydrogens (tertiary/aromatic N) is 3. The van der Waals surface area contributed by atoms with Crippen molar-refractivity contribution in [2.75, 3.05) is 58.0 Å². The first-order chi connectivity index (χ1) is 40.5. The van der Waals surface area contributed by atoms with Crippen molar-refractivity contribution in [1.82, 2.24) is 25.4 Å². The van der Waals surface area contributed by atoms with Gasteiger partial charge in [-0.05, 0) is 90.1 Å². The number of Topliss-reactive ketones (excluding diaryl/α,β-unsaturated/α-hetero) is 4. The van der Waals surface area contributed by atoms with Crippen LogP contribution in [0.15, 0.2) is 23.6 Å². The van der Waals surface area contributed by atoms with Crippen LogP contribution >= 0.6 is 34.9 Å². The van der Waals surface area contributed by atoms with Gasteiger partial charge in [-0.2, -0.15) is 0 Å². The fraction of sp³-hybridized carbons (Fsp3) is 0.672. The maximum Gasteiger partial charge on any atom is 0.313 e. The van der Waals surface area contributed by atoms with Gasteiger partial charge in [-0.3, -0.25) is 57.6 Å². The summed E-state index contributed by atoms with van der Waals surface area (Å²) in [6, 6.07) is 2.24. The third-order valence-corrected chi connectivity index (χ3v) is 19.9. The molecular weight excluding hydrogens is 1170 g/mol. The van der Waals surface area contributed by atoms with E-state index >= 15 is 0 Å². The molecule has 1 aromatic heterocycles. The van der Waals surface area contributed by atoms with Gasteiger partial charge in [0, 0.05) is 101 Å². The molecule has 9 atom stereocenters. The van der Waals surface area contributed by atoms with Crippen LogP contribution in [0.5, 0.6) is 5.75 Å². The van der Waals surface area contributed by atoms with Gasteiger partial charge in [0.25, 0.3) is 5.91 Å². The number of ether oxygens (including phenoxy) is 4. The topological polar surface area (TPSA) is 300 Å². The summed E-state index contributed by atoms with van der Waals surface area (Å²) in [4.78, 5) is 154. The van der Waals surface area contributed by atoms with Crippen LogP contribution in [-0.4, -0.2) is 171 Å². The first kappa shape index (κ1) is 72.9. The van der Waals surface area contributed by atoms with Gasteiger partial charge in [-0.1, -0.05) is 47.1 Å². The van der Waals surface area contributed by atoms with Crippen molar-refractivity contribution in [3.05, 3.63) is 39.8 Å². The lowest BCUT2D eigenvalue weighted by molar-refractivity contribution is -0.150. The Morgan fingerprint density at radius 3 is 2.05 bits per heavy atom. The van der Waals surface area contributed by atoms with Gasteiger partial charge in [-0.15, -0.1) is 34.9 Å². The summed E-state index contributed by atoms with van der Waals surface area (Å²) in [6.45, 7) is 16.1. The number of nitrogens with one attached hydrogen (secondary N) is 3. The van der Waals surface area contributed by atoms with Crippen molar-refractivity contribution in [3.63, 3.8) is 0 Å². The van der Waals surface area contributed by atoms with E-state index in [1.54, 1.807) is 18.0 Å². The predicted molar refractivity (Wildman–Crippen MR) is 329 cm³/mol. The second kappa shape index (κ2) is 35.4. The summed E-state index contributed by atoms with van der Waals surface area (Å²) in [5.41, 5.74) is -0.348. The normalized spacial score (nSPS) is 21.0. The molecule has 2 aliphatic rings. The molecule has 4 N–H and O–H groups in total. The second-order valence-corrected chi connectivity index (χ2v) is 26.9. The Balaban J connectivity index is 1.57. The SMILES string of the molecule is CC[C@H](C)[C@H](CC(=O)C(C)(C)N(C)C)C(=O)N(C)[C@H](C[C@@H](OC(C)=O)c1nc(C(=O)N[C@@H](Cc2ccc3c(c2)NC(=O)CCC(=O)C(C)NC(=O)CCOCCCC(=O)C2SCSC2C(=O)CCCOCCC(=O)O3)CC(C)C(=O)O)cs1)C(C)C. The minimum absolute atomic E-state index is 0.00610. The number of esters is 2. The third kappa shape index (κ3) is 22.8. The molecule has 0 aliphatic carbocycles. The Morgan fingerprint density at radius 2 is 1.47 bits per heavy atom. The number of rotatable bonds is 20. The zero-order valence-corrected chi connectivity index (χ0v) is 54.4. The summed E-state index contributed by atoms with van der Waals surface area (Å²) < 4.78 is 22.8. The molecule has 4 amide bonds. The number of anilines is 1. The quantitative estimate of drug-likeness (QED) is 0.0740. The molecule has 0 bridgehead atoms. The fourth-order valence-electron chi connectivity index (χ4n) is 9.76. The summed E-state index contributed by atoms with van der Waals surface area (Å²) in [7, 11) is 5.32. The number of thioether (sulfide) groups is 2. The molecule has 2 aromatic rings. The number of thiazole rings is 1. The van der Waals surface area contributed by atoms with E-state index in [1.165, 1.54) is 61.8 Å². The second-order valence-electron chi connectivity index (χ2n) is 23.4. The number of hydrogen-bond donors (Lipinski definition) is 4. The first-order valence-electron chi connectivity index (χ1n) is 29.6. The molecule has 4 unspecified atom stereocenters. The number of fused-ring (bicyclic) bond motifs is 2. The summed E-state index contributed by atoms with van der Waals surface area (Å²) in [5.74, 6) is -6.89. The van der Waals surface area contributed by atoms with E-state index in [9.17, 15) is 57.8 Å². The van der Waals surface area contributed by atoms with Gasteiger partial charge < -0.3 is 44.9 Å². The molecule has 2 aliphatic heterocycles. The number of carboxylic acids is 1. The molecule has 0 radical (unpaired) electrons. The lowest BCUT2D eigenvalue weighted by Crippen LogP contribution is -2.50. The van der Waals surface area contributed by atoms with Crippen LogP contribution < -0.4 is 20.7 Å². The number of likely N-dealkylation sites (N-methyl/N-ethyl adjacent to an activating group) is 1. The Kier molecular flexibility index (Phi) is 30.0. The lowest BCUT2D eigenvalue weighted by Gasteiger charge is -2.38. The van der Waals surface area contributed by atoms with Crippen molar-refractivity contribution >= 4 is 105 Å². The smallest absolute Gasteiger partial charge is 0.313 e. The maximum absolute atomic E-state index is 14.4. The van der Waals surface area contributed by atoms with E-state index in [1.807, 2.05) is 60.5 Å². The number of carbonyl (C=O) groups excluding carboxylic acids is 10. The van der Waals surface area contributed by atoms with Gasteiger partial charge in [0.1, 0.15) is 22.3 Å². The van der Waals surface area contributed by atoms with E-state index in [0.29, 0.717) is 29.9 Å². The van der Waals surface area contributed by atoms with Crippen LogP contribution in [0.1, 0.15) is 167 Å². The van der Waals surface area contributed by atoms with Crippen LogP contribution in [0.25, 0.3) is 0 Å². The Labute approximate surface area is 518 Å². The number of hydrogen-bond acceptors (Lipinski definition) is 20. The molecule has 3 heterocycles. The Bertz CT molecular complexity index is 2700. The van der Waals surface area contributed by atoms with Crippen molar-refractivity contribution < 1.29 is 76.8 Å². The van der Waals surface area contributed by atoms with E-state index in [-0.39, 0.29) is 148 Å². The molecule has 25 heteroatoms. The van der Waals surface area contributed by atoms with E-state index < -0.39 is 93.5 Å². The molecule has 4 rings (SSSR count).